The van der Waals surface area contributed by atoms with Crippen LogP contribution in [0.3, 0.4) is 0 Å². The molecular weight excluding hydrogens is 232 g/mol. The normalized spacial score (nSPS) is 15.1. The summed E-state index contributed by atoms with van der Waals surface area (Å²) < 4.78 is 4.58. The van der Waals surface area contributed by atoms with Gasteiger partial charge in [0.25, 0.3) is 0 Å². The number of carbonyl (C=O) groups is 1. The number of likely N-dealkylation sites (N-methyl/N-ethyl adjacent to an activating group) is 2. The molecule has 6 nitrogen and oxygen atoms in total. The molecular formula is C12H20N4O2. The van der Waals surface area contributed by atoms with Gasteiger partial charge in [0.15, 0.2) is 0 Å². The van der Waals surface area contributed by atoms with Crippen LogP contribution < -0.4 is 0 Å². The lowest BCUT2D eigenvalue weighted by molar-refractivity contribution is -0.129. The summed E-state index contributed by atoms with van der Waals surface area (Å²) in [6.45, 7) is 3.46. The third-order valence-electron chi connectivity index (χ3n) is 3.45. The molecule has 1 heterocycles. The fourth-order valence-electron chi connectivity index (χ4n) is 1.82. The molecule has 2 rings (SSSR count). The summed E-state index contributed by atoms with van der Waals surface area (Å²) in [5.41, 5.74) is 1.31. The third kappa shape index (κ3) is 3.29. The molecule has 0 saturated heterocycles. The van der Waals surface area contributed by atoms with Gasteiger partial charge < -0.3 is 9.80 Å². The van der Waals surface area contributed by atoms with Gasteiger partial charge in [-0.15, -0.1) is 0 Å². The van der Waals surface area contributed by atoms with Gasteiger partial charge in [-0.1, -0.05) is 10.3 Å². The molecule has 1 aliphatic rings. The van der Waals surface area contributed by atoms with Crippen molar-refractivity contribution >= 4 is 5.91 Å². The van der Waals surface area contributed by atoms with Crippen molar-refractivity contribution in [3.63, 3.8) is 0 Å². The quantitative estimate of drug-likeness (QED) is 0.736. The van der Waals surface area contributed by atoms with E-state index < -0.39 is 0 Å². The number of nitrogens with zero attached hydrogens (tertiary/aromatic N) is 4. The van der Waals surface area contributed by atoms with Crippen LogP contribution in [0.2, 0.25) is 0 Å². The molecule has 0 atom stereocenters. The summed E-state index contributed by atoms with van der Waals surface area (Å²) in [5, 5.41) is 7.40. The van der Waals surface area contributed by atoms with Crippen LogP contribution in [-0.4, -0.2) is 59.2 Å². The van der Waals surface area contributed by atoms with Gasteiger partial charge in [0.1, 0.15) is 11.4 Å². The Morgan fingerprint density at radius 1 is 1.33 bits per heavy atom. The van der Waals surface area contributed by atoms with Gasteiger partial charge in [-0.2, -0.15) is 0 Å². The SMILES string of the molecule is Cc1nonc1CC(=O)N(C)CCN(C)C1CC1. The van der Waals surface area contributed by atoms with Crippen molar-refractivity contribution in [2.24, 2.45) is 0 Å². The van der Waals surface area contributed by atoms with Crippen molar-refractivity contribution in [1.29, 1.82) is 0 Å². The van der Waals surface area contributed by atoms with E-state index in [0.29, 0.717) is 11.4 Å². The number of carbonyl (C=O) groups excluding carboxylic acids is 1. The maximum Gasteiger partial charge on any atom is 0.228 e. The minimum atomic E-state index is 0.0537. The lowest BCUT2D eigenvalue weighted by atomic mass is 10.2. The highest BCUT2D eigenvalue weighted by atomic mass is 16.6. The first-order valence-electron chi connectivity index (χ1n) is 6.30. The molecule has 1 aromatic heterocycles. The van der Waals surface area contributed by atoms with E-state index in [1.807, 2.05) is 7.05 Å². The first-order chi connectivity index (χ1) is 8.58. The van der Waals surface area contributed by atoms with Crippen molar-refractivity contribution in [2.75, 3.05) is 27.2 Å². The number of rotatable bonds is 6. The van der Waals surface area contributed by atoms with Gasteiger partial charge >= 0.3 is 0 Å². The lowest BCUT2D eigenvalue weighted by Crippen LogP contribution is -2.36. The third-order valence-corrected chi connectivity index (χ3v) is 3.45. The summed E-state index contributed by atoms with van der Waals surface area (Å²) in [6.07, 6.45) is 2.84. The molecule has 0 spiro atoms. The molecule has 0 unspecified atom stereocenters. The van der Waals surface area contributed by atoms with E-state index >= 15 is 0 Å². The number of hydrogen-bond acceptors (Lipinski definition) is 5. The maximum atomic E-state index is 12.0. The largest absolute Gasteiger partial charge is 0.344 e. The Kier molecular flexibility index (Phi) is 3.96. The zero-order valence-electron chi connectivity index (χ0n) is 11.2. The molecule has 0 N–H and O–H groups in total. The Labute approximate surface area is 107 Å². The van der Waals surface area contributed by atoms with E-state index in [9.17, 15) is 4.79 Å². The van der Waals surface area contributed by atoms with Crippen molar-refractivity contribution in [3.8, 4) is 0 Å². The van der Waals surface area contributed by atoms with E-state index in [1.54, 1.807) is 11.8 Å². The average Bonchev–Trinajstić information content (AvgIpc) is 3.12. The van der Waals surface area contributed by atoms with E-state index in [1.165, 1.54) is 12.8 Å². The summed E-state index contributed by atoms with van der Waals surface area (Å²) in [7, 11) is 3.94. The predicted octanol–water partition coefficient (Wildman–Crippen LogP) is 0.473. The highest BCUT2D eigenvalue weighted by Gasteiger charge is 2.26. The van der Waals surface area contributed by atoms with Crippen LogP contribution in [0.25, 0.3) is 0 Å². The Morgan fingerprint density at radius 2 is 2.06 bits per heavy atom. The van der Waals surface area contributed by atoms with E-state index in [4.69, 9.17) is 0 Å². The van der Waals surface area contributed by atoms with Crippen LogP contribution in [0.5, 0.6) is 0 Å². The van der Waals surface area contributed by atoms with Crippen LogP contribution in [-0.2, 0) is 11.2 Å². The van der Waals surface area contributed by atoms with Crippen LogP contribution in [0, 0.1) is 6.92 Å². The monoisotopic (exact) mass is 252 g/mol. The second-order valence-electron chi connectivity index (χ2n) is 5.00. The highest BCUT2D eigenvalue weighted by Crippen LogP contribution is 2.24. The Hall–Kier alpha value is -1.43. The lowest BCUT2D eigenvalue weighted by Gasteiger charge is -2.21. The van der Waals surface area contributed by atoms with Gasteiger partial charge in [-0.05, 0) is 26.8 Å². The van der Waals surface area contributed by atoms with Crippen molar-refractivity contribution in [3.05, 3.63) is 11.4 Å². The van der Waals surface area contributed by atoms with Gasteiger partial charge in [0.05, 0.1) is 6.42 Å². The first kappa shape index (κ1) is 13.0. The number of hydrogen-bond donors (Lipinski definition) is 0. The van der Waals surface area contributed by atoms with E-state index in [0.717, 1.165) is 19.1 Å². The number of amides is 1. The summed E-state index contributed by atoms with van der Waals surface area (Å²) in [6, 6.07) is 0.732. The predicted molar refractivity (Wildman–Crippen MR) is 66.0 cm³/mol. The van der Waals surface area contributed by atoms with Gasteiger partial charge in [-0.25, -0.2) is 4.63 Å². The van der Waals surface area contributed by atoms with Gasteiger partial charge in [0, 0.05) is 26.2 Å². The summed E-state index contributed by atoms with van der Waals surface area (Å²) in [5.74, 6) is 0.0537. The van der Waals surface area contributed by atoms with Gasteiger partial charge in [-0.3, -0.25) is 4.79 Å². The van der Waals surface area contributed by atoms with Crippen molar-refractivity contribution < 1.29 is 9.42 Å². The minimum Gasteiger partial charge on any atom is -0.344 e. The maximum absolute atomic E-state index is 12.0. The fraction of sp³-hybridized carbons (Fsp3) is 0.750. The molecule has 0 bridgehead atoms. The Morgan fingerprint density at radius 3 is 2.61 bits per heavy atom. The van der Waals surface area contributed by atoms with Gasteiger partial charge in [0.2, 0.25) is 5.91 Å². The number of aromatic nitrogens is 2. The summed E-state index contributed by atoms with van der Waals surface area (Å²) in [4.78, 5) is 16.0. The molecule has 0 aliphatic heterocycles. The minimum absolute atomic E-state index is 0.0537. The van der Waals surface area contributed by atoms with Crippen LogP contribution in [0.15, 0.2) is 4.63 Å². The smallest absolute Gasteiger partial charge is 0.228 e. The van der Waals surface area contributed by atoms with Crippen LogP contribution >= 0.6 is 0 Å². The fourth-order valence-corrected chi connectivity index (χ4v) is 1.82. The molecule has 6 heteroatoms. The molecule has 0 radical (unpaired) electrons. The molecule has 18 heavy (non-hydrogen) atoms. The zero-order chi connectivity index (χ0) is 13.1. The second-order valence-corrected chi connectivity index (χ2v) is 5.00. The molecule has 1 amide bonds. The molecule has 1 aliphatic carbocycles. The Bertz CT molecular complexity index is 414. The van der Waals surface area contributed by atoms with Crippen LogP contribution in [0.1, 0.15) is 24.2 Å². The van der Waals surface area contributed by atoms with E-state index in [2.05, 4.69) is 26.9 Å². The van der Waals surface area contributed by atoms with E-state index in [-0.39, 0.29) is 12.3 Å². The molecule has 100 valence electrons. The first-order valence-corrected chi connectivity index (χ1v) is 6.30. The van der Waals surface area contributed by atoms with Crippen molar-refractivity contribution in [1.82, 2.24) is 20.1 Å². The topological polar surface area (TPSA) is 62.5 Å². The highest BCUT2D eigenvalue weighted by molar-refractivity contribution is 5.78. The van der Waals surface area contributed by atoms with Crippen molar-refractivity contribution in [2.45, 2.75) is 32.2 Å². The number of aryl methyl sites for hydroxylation is 1. The second kappa shape index (κ2) is 5.48. The molecule has 1 aromatic rings. The van der Waals surface area contributed by atoms with Crippen LogP contribution in [0.4, 0.5) is 0 Å². The Balaban J connectivity index is 1.76. The average molecular weight is 252 g/mol. The molecule has 1 saturated carbocycles. The summed E-state index contributed by atoms with van der Waals surface area (Å²) >= 11 is 0. The standard InChI is InChI=1S/C12H20N4O2/c1-9-11(14-18-13-9)8-12(17)16(3)7-6-15(2)10-4-5-10/h10H,4-8H2,1-3H3. The zero-order valence-corrected chi connectivity index (χ0v) is 11.2. The molecule has 1 fully saturated rings. The molecule has 0 aromatic carbocycles.